The highest BCUT2D eigenvalue weighted by molar-refractivity contribution is 7.02. The summed E-state index contributed by atoms with van der Waals surface area (Å²) in [5.74, 6) is 2.06. The Morgan fingerprint density at radius 1 is 0.828 bits per heavy atom. The van der Waals surface area contributed by atoms with Gasteiger partial charge in [0.25, 0.3) is 0 Å². The van der Waals surface area contributed by atoms with Crippen LogP contribution in [0.3, 0.4) is 0 Å². The minimum Gasteiger partial charge on any atom is -0.494 e. The van der Waals surface area contributed by atoms with Gasteiger partial charge in [0.2, 0.25) is 0 Å². The maximum Gasteiger partial charge on any atom is 0.127 e. The summed E-state index contributed by atoms with van der Waals surface area (Å²) in [5, 5.41) is 2.71. The van der Waals surface area contributed by atoms with E-state index in [1.165, 1.54) is 22.5 Å². The van der Waals surface area contributed by atoms with Crippen LogP contribution in [-0.4, -0.2) is 14.7 Å². The first-order valence-electron chi connectivity index (χ1n) is 10.2. The van der Waals surface area contributed by atoms with Crippen LogP contribution in [0.2, 0.25) is 12.1 Å². The summed E-state index contributed by atoms with van der Waals surface area (Å²) in [4.78, 5) is 0. The van der Waals surface area contributed by atoms with E-state index in [2.05, 4.69) is 62.9 Å². The Kier molecular flexibility index (Phi) is 6.75. The highest BCUT2D eigenvalue weighted by Gasteiger charge is 2.37. The normalized spacial score (nSPS) is 14.1. The average molecular weight is 409 g/mol. The molecule has 152 valence electrons. The fourth-order valence-corrected chi connectivity index (χ4v) is 7.76. The summed E-state index contributed by atoms with van der Waals surface area (Å²) in [6, 6.07) is 23.1. The Labute approximate surface area is 174 Å². The topological polar surface area (TPSA) is 18.5 Å². The van der Waals surface area contributed by atoms with E-state index in [4.69, 9.17) is 9.47 Å². The predicted octanol–water partition coefficient (Wildman–Crippen LogP) is 6.01. The van der Waals surface area contributed by atoms with Gasteiger partial charge in [0, 0.05) is 0 Å². The molecular formula is C25H29FO2Si. The van der Waals surface area contributed by atoms with Crippen molar-refractivity contribution in [1.82, 2.24) is 0 Å². The maximum absolute atomic E-state index is 13.2. The lowest BCUT2D eigenvalue weighted by molar-refractivity contribution is 0.340. The van der Waals surface area contributed by atoms with E-state index in [-0.39, 0.29) is 5.82 Å². The van der Waals surface area contributed by atoms with Gasteiger partial charge in [-0.3, -0.25) is 0 Å². The largest absolute Gasteiger partial charge is 0.494 e. The zero-order chi connectivity index (χ0) is 20.9. The SMILES string of the molecule is CCOc1ccc([Si](C)(c2cccc(Oc3ccc(F)cc3)c2)C(C)CC)cc1. The Hall–Kier alpha value is -2.59. The molecule has 2 nitrogen and oxygen atoms in total. The molecule has 29 heavy (non-hydrogen) atoms. The number of benzene rings is 3. The molecule has 0 fully saturated rings. The van der Waals surface area contributed by atoms with Crippen molar-refractivity contribution in [2.45, 2.75) is 39.3 Å². The number of hydrogen-bond acceptors (Lipinski definition) is 2. The maximum atomic E-state index is 13.2. The molecule has 2 unspecified atom stereocenters. The van der Waals surface area contributed by atoms with Crippen LogP contribution < -0.4 is 19.8 Å². The molecule has 3 aromatic carbocycles. The van der Waals surface area contributed by atoms with Crippen LogP contribution in [0.1, 0.15) is 27.2 Å². The van der Waals surface area contributed by atoms with Crippen molar-refractivity contribution in [1.29, 1.82) is 0 Å². The van der Waals surface area contributed by atoms with E-state index < -0.39 is 8.07 Å². The van der Waals surface area contributed by atoms with E-state index in [1.807, 2.05) is 13.0 Å². The van der Waals surface area contributed by atoms with E-state index in [0.29, 0.717) is 17.9 Å². The van der Waals surface area contributed by atoms with Crippen molar-refractivity contribution in [3.63, 3.8) is 0 Å². The molecule has 0 heterocycles. The van der Waals surface area contributed by atoms with E-state index in [9.17, 15) is 4.39 Å². The van der Waals surface area contributed by atoms with Crippen molar-refractivity contribution in [2.24, 2.45) is 0 Å². The summed E-state index contributed by atoms with van der Waals surface area (Å²) < 4.78 is 24.8. The molecule has 3 aromatic rings. The van der Waals surface area contributed by atoms with Crippen LogP contribution in [0.4, 0.5) is 4.39 Å². The van der Waals surface area contributed by atoms with Crippen LogP contribution in [-0.2, 0) is 0 Å². The van der Waals surface area contributed by atoms with Crippen LogP contribution in [0.5, 0.6) is 17.2 Å². The summed E-state index contributed by atoms with van der Waals surface area (Å²) in [6.07, 6.45) is 1.11. The molecule has 0 N–H and O–H groups in total. The van der Waals surface area contributed by atoms with Crippen LogP contribution >= 0.6 is 0 Å². The van der Waals surface area contributed by atoms with Gasteiger partial charge in [-0.1, -0.05) is 61.5 Å². The molecule has 0 aliphatic carbocycles. The number of ether oxygens (including phenoxy) is 2. The van der Waals surface area contributed by atoms with Crippen molar-refractivity contribution in [3.8, 4) is 17.2 Å². The van der Waals surface area contributed by atoms with Crippen LogP contribution in [0.15, 0.2) is 72.8 Å². The number of rotatable bonds is 8. The summed E-state index contributed by atoms with van der Waals surface area (Å²) in [5.41, 5.74) is 0.557. The third kappa shape index (κ3) is 4.70. The first-order chi connectivity index (χ1) is 14.0. The van der Waals surface area contributed by atoms with Gasteiger partial charge in [-0.15, -0.1) is 0 Å². The minimum atomic E-state index is -2.00. The van der Waals surface area contributed by atoms with Crippen LogP contribution in [0, 0.1) is 5.82 Å². The van der Waals surface area contributed by atoms with E-state index in [0.717, 1.165) is 17.9 Å². The smallest absolute Gasteiger partial charge is 0.127 e. The fraction of sp³-hybridized carbons (Fsp3) is 0.280. The molecule has 0 spiro atoms. The molecule has 0 amide bonds. The first kappa shape index (κ1) is 21.1. The molecule has 0 saturated carbocycles. The predicted molar refractivity (Wildman–Crippen MR) is 121 cm³/mol. The van der Waals surface area contributed by atoms with Gasteiger partial charge in [-0.2, -0.15) is 0 Å². The Balaban J connectivity index is 1.97. The third-order valence-corrected chi connectivity index (χ3v) is 11.3. The standard InChI is InChI=1S/C25H29FO2Si/c1-5-19(3)29(4,24-16-14-21(15-17-24)27-6-2)25-9-7-8-23(18-25)28-22-12-10-20(26)11-13-22/h7-19H,5-6H2,1-4H3. The van der Waals surface area contributed by atoms with Crippen molar-refractivity contribution in [3.05, 3.63) is 78.6 Å². The lowest BCUT2D eigenvalue weighted by Crippen LogP contribution is -2.58. The second kappa shape index (κ2) is 9.27. The molecule has 0 saturated heterocycles. The second-order valence-electron chi connectivity index (χ2n) is 7.55. The highest BCUT2D eigenvalue weighted by atomic mass is 28.3. The molecule has 4 heteroatoms. The quantitative estimate of drug-likeness (QED) is 0.425. The summed E-state index contributed by atoms with van der Waals surface area (Å²) >= 11 is 0. The Morgan fingerprint density at radius 3 is 2.10 bits per heavy atom. The average Bonchev–Trinajstić information content (AvgIpc) is 2.75. The minimum absolute atomic E-state index is 0.265. The van der Waals surface area contributed by atoms with E-state index >= 15 is 0 Å². The lowest BCUT2D eigenvalue weighted by atomic mass is 10.3. The Morgan fingerprint density at radius 2 is 1.48 bits per heavy atom. The molecule has 0 aliphatic rings. The molecule has 0 aromatic heterocycles. The molecule has 0 aliphatic heterocycles. The van der Waals surface area contributed by atoms with Crippen LogP contribution in [0.25, 0.3) is 0 Å². The molecule has 3 rings (SSSR count). The van der Waals surface area contributed by atoms with Gasteiger partial charge < -0.3 is 9.47 Å². The van der Waals surface area contributed by atoms with Crippen molar-refractivity contribution < 1.29 is 13.9 Å². The van der Waals surface area contributed by atoms with E-state index in [1.54, 1.807) is 12.1 Å². The van der Waals surface area contributed by atoms with Gasteiger partial charge in [-0.05, 0) is 61.0 Å². The van der Waals surface area contributed by atoms with Gasteiger partial charge in [0.15, 0.2) is 0 Å². The van der Waals surface area contributed by atoms with Gasteiger partial charge in [-0.25, -0.2) is 4.39 Å². The van der Waals surface area contributed by atoms with Crippen molar-refractivity contribution >= 4 is 18.4 Å². The molecule has 0 bridgehead atoms. The second-order valence-corrected chi connectivity index (χ2v) is 12.1. The Bertz CT molecular complexity index is 924. The first-order valence-corrected chi connectivity index (χ1v) is 12.8. The van der Waals surface area contributed by atoms with Gasteiger partial charge >= 0.3 is 0 Å². The molecule has 0 radical (unpaired) electrons. The number of halogens is 1. The molecule has 2 atom stereocenters. The third-order valence-electron chi connectivity index (χ3n) is 5.85. The van der Waals surface area contributed by atoms with Gasteiger partial charge in [0.05, 0.1) is 6.61 Å². The summed E-state index contributed by atoms with van der Waals surface area (Å²) in [6.45, 7) is 9.69. The number of hydrogen-bond donors (Lipinski definition) is 0. The monoisotopic (exact) mass is 408 g/mol. The highest BCUT2D eigenvalue weighted by Crippen LogP contribution is 2.28. The fourth-order valence-electron chi connectivity index (χ4n) is 3.73. The summed E-state index contributed by atoms with van der Waals surface area (Å²) in [7, 11) is -2.00. The lowest BCUT2D eigenvalue weighted by Gasteiger charge is -2.35. The van der Waals surface area contributed by atoms with Crippen molar-refractivity contribution in [2.75, 3.05) is 6.61 Å². The van der Waals surface area contributed by atoms with Gasteiger partial charge in [0.1, 0.15) is 31.1 Å². The zero-order valence-corrected chi connectivity index (χ0v) is 18.6. The molecular weight excluding hydrogens is 379 g/mol. The zero-order valence-electron chi connectivity index (χ0n) is 17.6.